The van der Waals surface area contributed by atoms with Crippen LogP contribution < -0.4 is 0 Å². The third-order valence-electron chi connectivity index (χ3n) is 10.0. The lowest BCUT2D eigenvalue weighted by Crippen LogP contribution is -2.26. The van der Waals surface area contributed by atoms with Crippen molar-refractivity contribution >= 4 is 10.9 Å². The molecule has 0 spiro atoms. The van der Waals surface area contributed by atoms with E-state index in [9.17, 15) is 0 Å². The van der Waals surface area contributed by atoms with Crippen LogP contribution >= 0.6 is 0 Å². The van der Waals surface area contributed by atoms with Gasteiger partial charge in [0.25, 0.3) is 0 Å². The van der Waals surface area contributed by atoms with Crippen LogP contribution in [0.2, 0.25) is 0 Å². The zero-order chi connectivity index (χ0) is 30.3. The second-order valence-electron chi connectivity index (χ2n) is 14.3. The molecule has 0 unspecified atom stereocenters. The third kappa shape index (κ3) is 7.08. The standard InChI is InChI=1S/C42H55N/c1-6-8-10-12-14-18-28-42(29-19-15-13-11-9-7-2)37-30-33(40-27-23-32-20-16-17-21-39(32)43-40)22-25-35(37)36-26-24-34(31-38(36)42)41(3,4)5/h16-17,20-27,30-31H,6-15,18-19,28-29H2,1-5H3. The van der Waals surface area contributed by atoms with Crippen molar-refractivity contribution < 1.29 is 0 Å². The monoisotopic (exact) mass is 573 g/mol. The number of hydrogen-bond acceptors (Lipinski definition) is 1. The molecule has 0 saturated heterocycles. The van der Waals surface area contributed by atoms with Crippen LogP contribution in [0.1, 0.15) is 141 Å². The van der Waals surface area contributed by atoms with Crippen LogP contribution in [0.25, 0.3) is 33.3 Å². The van der Waals surface area contributed by atoms with Crippen LogP contribution in [0.15, 0.2) is 72.8 Å². The molecule has 0 radical (unpaired) electrons. The fraction of sp³-hybridized carbons (Fsp3) is 0.500. The molecular formula is C42H55N. The molecule has 4 aromatic rings. The van der Waals surface area contributed by atoms with Crippen molar-refractivity contribution in [2.45, 2.75) is 135 Å². The van der Waals surface area contributed by atoms with Crippen LogP contribution in [0, 0.1) is 0 Å². The fourth-order valence-electron chi connectivity index (χ4n) is 7.43. The van der Waals surface area contributed by atoms with Gasteiger partial charge in [0.2, 0.25) is 0 Å². The van der Waals surface area contributed by atoms with Crippen LogP contribution in [-0.2, 0) is 10.8 Å². The lowest BCUT2D eigenvalue weighted by atomic mass is 9.69. The van der Waals surface area contributed by atoms with Gasteiger partial charge in [0.05, 0.1) is 11.2 Å². The largest absolute Gasteiger partial charge is 0.248 e. The summed E-state index contributed by atoms with van der Waals surface area (Å²) in [4.78, 5) is 5.12. The summed E-state index contributed by atoms with van der Waals surface area (Å²) in [6.45, 7) is 11.7. The summed E-state index contributed by atoms with van der Waals surface area (Å²) in [6.07, 6.45) is 18.6. The highest BCUT2D eigenvalue weighted by Crippen LogP contribution is 2.55. The Kier molecular flexibility index (Phi) is 10.4. The molecule has 1 heterocycles. The van der Waals surface area contributed by atoms with Gasteiger partial charge in [-0.25, -0.2) is 4.98 Å². The van der Waals surface area contributed by atoms with E-state index in [2.05, 4.69) is 107 Å². The number of unbranched alkanes of at least 4 members (excludes halogenated alkanes) is 10. The number of rotatable bonds is 15. The number of nitrogens with zero attached hydrogens (tertiary/aromatic N) is 1. The molecule has 0 bridgehead atoms. The second kappa shape index (κ2) is 14.2. The minimum absolute atomic E-state index is 0.0777. The summed E-state index contributed by atoms with van der Waals surface area (Å²) in [7, 11) is 0. The Labute approximate surface area is 262 Å². The highest BCUT2D eigenvalue weighted by atomic mass is 14.7. The molecule has 1 aliphatic carbocycles. The normalized spacial score (nSPS) is 13.8. The van der Waals surface area contributed by atoms with Gasteiger partial charge in [-0.15, -0.1) is 0 Å². The highest BCUT2D eigenvalue weighted by Gasteiger charge is 2.43. The first kappa shape index (κ1) is 31.5. The maximum atomic E-state index is 5.12. The number of benzene rings is 3. The van der Waals surface area contributed by atoms with Gasteiger partial charge in [-0.3, -0.25) is 0 Å². The van der Waals surface area contributed by atoms with Crippen LogP contribution in [0.4, 0.5) is 0 Å². The molecule has 43 heavy (non-hydrogen) atoms. The zero-order valence-corrected chi connectivity index (χ0v) is 27.8. The second-order valence-corrected chi connectivity index (χ2v) is 14.3. The molecule has 0 saturated carbocycles. The summed E-state index contributed by atoms with van der Waals surface area (Å²) < 4.78 is 0. The maximum Gasteiger partial charge on any atom is 0.0709 e. The van der Waals surface area contributed by atoms with Crippen LogP contribution in [0.5, 0.6) is 0 Å². The van der Waals surface area contributed by atoms with Crippen molar-refractivity contribution in [1.82, 2.24) is 4.98 Å². The molecule has 0 atom stereocenters. The lowest BCUT2D eigenvalue weighted by molar-refractivity contribution is 0.397. The van der Waals surface area contributed by atoms with Gasteiger partial charge in [-0.2, -0.15) is 0 Å². The lowest BCUT2D eigenvalue weighted by Gasteiger charge is -2.34. The van der Waals surface area contributed by atoms with Crippen molar-refractivity contribution in [2.24, 2.45) is 0 Å². The predicted octanol–water partition coefficient (Wildman–Crippen LogP) is 13.0. The summed E-state index contributed by atoms with van der Waals surface area (Å²) >= 11 is 0. The molecule has 1 nitrogen and oxygen atoms in total. The van der Waals surface area contributed by atoms with E-state index < -0.39 is 0 Å². The minimum atomic E-state index is 0.0777. The maximum absolute atomic E-state index is 5.12. The average Bonchev–Trinajstić information content (AvgIpc) is 3.28. The van der Waals surface area contributed by atoms with E-state index in [1.165, 1.54) is 118 Å². The van der Waals surface area contributed by atoms with Crippen molar-refractivity contribution in [3.8, 4) is 22.4 Å². The van der Waals surface area contributed by atoms with Gasteiger partial charge >= 0.3 is 0 Å². The van der Waals surface area contributed by atoms with E-state index >= 15 is 0 Å². The number of pyridine rings is 1. The van der Waals surface area contributed by atoms with Gasteiger partial charge in [0.1, 0.15) is 0 Å². The van der Waals surface area contributed by atoms with Gasteiger partial charge in [0.15, 0.2) is 0 Å². The summed E-state index contributed by atoms with van der Waals surface area (Å²) in [5.74, 6) is 0. The first-order valence-electron chi connectivity index (χ1n) is 17.5. The number of fused-ring (bicyclic) bond motifs is 4. The summed E-state index contributed by atoms with van der Waals surface area (Å²) in [5, 5.41) is 1.20. The number of para-hydroxylation sites is 1. The molecule has 5 rings (SSSR count). The molecule has 228 valence electrons. The molecular weight excluding hydrogens is 518 g/mol. The molecule has 0 N–H and O–H groups in total. The third-order valence-corrected chi connectivity index (χ3v) is 10.0. The van der Waals surface area contributed by atoms with Crippen molar-refractivity contribution in [1.29, 1.82) is 0 Å². The first-order chi connectivity index (χ1) is 20.9. The molecule has 0 aliphatic heterocycles. The Balaban J connectivity index is 1.57. The van der Waals surface area contributed by atoms with E-state index in [1.54, 1.807) is 11.1 Å². The van der Waals surface area contributed by atoms with E-state index in [0.717, 1.165) is 11.2 Å². The minimum Gasteiger partial charge on any atom is -0.248 e. The molecule has 1 aliphatic rings. The van der Waals surface area contributed by atoms with Crippen molar-refractivity contribution in [2.75, 3.05) is 0 Å². The van der Waals surface area contributed by atoms with Crippen LogP contribution in [-0.4, -0.2) is 4.98 Å². The fourth-order valence-corrected chi connectivity index (χ4v) is 7.43. The Morgan fingerprint density at radius 1 is 0.581 bits per heavy atom. The quantitative estimate of drug-likeness (QED) is 0.129. The Hall–Kier alpha value is -2.93. The smallest absolute Gasteiger partial charge is 0.0709 e. The Morgan fingerprint density at radius 3 is 1.81 bits per heavy atom. The van der Waals surface area contributed by atoms with Gasteiger partial charge in [-0.05, 0) is 64.3 Å². The molecule has 0 amide bonds. The average molecular weight is 574 g/mol. The summed E-state index contributed by atoms with van der Waals surface area (Å²) in [6, 6.07) is 27.7. The predicted molar refractivity (Wildman–Crippen MR) is 188 cm³/mol. The van der Waals surface area contributed by atoms with E-state index in [4.69, 9.17) is 4.98 Å². The van der Waals surface area contributed by atoms with E-state index in [1.807, 2.05) is 0 Å². The van der Waals surface area contributed by atoms with Crippen molar-refractivity contribution in [3.05, 3.63) is 89.5 Å². The van der Waals surface area contributed by atoms with Crippen LogP contribution in [0.3, 0.4) is 0 Å². The molecule has 0 fully saturated rings. The summed E-state index contributed by atoms with van der Waals surface area (Å²) in [5.41, 5.74) is 11.2. The number of aromatic nitrogens is 1. The molecule has 1 aromatic heterocycles. The highest BCUT2D eigenvalue weighted by molar-refractivity contribution is 5.86. The van der Waals surface area contributed by atoms with Gasteiger partial charge in [0, 0.05) is 16.4 Å². The Bertz CT molecular complexity index is 1470. The van der Waals surface area contributed by atoms with Gasteiger partial charge in [-0.1, -0.05) is 166 Å². The molecule has 1 heteroatoms. The SMILES string of the molecule is CCCCCCCCC1(CCCCCCCC)c2cc(-c3ccc4ccccc4n3)ccc2-c2ccc(C(C)(C)C)cc21. The Morgan fingerprint density at radius 2 is 1.16 bits per heavy atom. The van der Waals surface area contributed by atoms with E-state index in [-0.39, 0.29) is 10.8 Å². The zero-order valence-electron chi connectivity index (χ0n) is 27.8. The van der Waals surface area contributed by atoms with E-state index in [0.29, 0.717) is 0 Å². The number of hydrogen-bond donors (Lipinski definition) is 0. The van der Waals surface area contributed by atoms with Crippen molar-refractivity contribution in [3.63, 3.8) is 0 Å². The van der Waals surface area contributed by atoms with Gasteiger partial charge < -0.3 is 0 Å². The topological polar surface area (TPSA) is 12.9 Å². The first-order valence-corrected chi connectivity index (χ1v) is 17.5. The molecule has 3 aromatic carbocycles.